The normalized spacial score (nSPS) is 18.2. The minimum Gasteiger partial charge on any atom is -0.351 e. The van der Waals surface area contributed by atoms with Gasteiger partial charge in [0.25, 0.3) is 5.91 Å². The molecule has 0 aromatic heterocycles. The first kappa shape index (κ1) is 31.4. The van der Waals surface area contributed by atoms with Crippen LogP contribution in [0.2, 0.25) is 0 Å². The van der Waals surface area contributed by atoms with Gasteiger partial charge in [0.2, 0.25) is 10.0 Å². The lowest BCUT2D eigenvalue weighted by Gasteiger charge is -2.34. The number of urea groups is 1. The monoisotopic (exact) mass is 582 g/mol. The van der Waals surface area contributed by atoms with E-state index >= 15 is 0 Å². The number of amidine groups is 1. The lowest BCUT2D eigenvalue weighted by Crippen LogP contribution is -2.50. The summed E-state index contributed by atoms with van der Waals surface area (Å²) in [6, 6.07) is 3.13. The number of amides is 3. The predicted octanol–water partition coefficient (Wildman–Crippen LogP) is 3.12. The Hall–Kier alpha value is -2.15. The number of unbranched alkanes of at least 4 members (excludes halogenated alkanes) is 2. The van der Waals surface area contributed by atoms with Crippen molar-refractivity contribution in [2.24, 2.45) is 10.7 Å². The summed E-state index contributed by atoms with van der Waals surface area (Å²) >= 11 is -0.491. The van der Waals surface area contributed by atoms with Crippen LogP contribution in [0.3, 0.4) is 0 Å². The Labute approximate surface area is 236 Å². The van der Waals surface area contributed by atoms with Crippen LogP contribution in [-0.2, 0) is 32.4 Å². The van der Waals surface area contributed by atoms with Crippen LogP contribution in [-0.4, -0.2) is 78.0 Å². The van der Waals surface area contributed by atoms with Gasteiger partial charge in [-0.25, -0.2) is 17.5 Å². The number of carbonyl (C=O) groups excluding carboxylic acids is 2. The van der Waals surface area contributed by atoms with Crippen LogP contribution in [0.25, 0.3) is 0 Å². The second kappa shape index (κ2) is 13.5. The fraction of sp³-hybridized carbons (Fsp3) is 0.667. The van der Waals surface area contributed by atoms with Crippen LogP contribution in [0, 0.1) is 13.8 Å². The lowest BCUT2D eigenvalue weighted by atomic mass is 9.89. The zero-order valence-electron chi connectivity index (χ0n) is 23.7. The molecule has 1 fully saturated rings. The Bertz CT molecular complexity index is 1160. The molecule has 218 valence electrons. The number of sulfonamides is 1. The molecule has 0 saturated carbocycles. The second-order valence-electron chi connectivity index (χ2n) is 10.6. The zero-order chi connectivity index (χ0) is 28.8. The number of anilines is 1. The van der Waals surface area contributed by atoms with E-state index < -0.39 is 32.8 Å². The van der Waals surface area contributed by atoms with Crippen LogP contribution < -0.4 is 16.0 Å². The van der Waals surface area contributed by atoms with Gasteiger partial charge in [-0.3, -0.25) is 14.7 Å². The summed E-state index contributed by atoms with van der Waals surface area (Å²) in [5, 5.41) is 2.93. The van der Waals surface area contributed by atoms with Crippen molar-refractivity contribution < 1.29 is 22.6 Å². The van der Waals surface area contributed by atoms with E-state index in [1.54, 1.807) is 7.05 Å². The third-order valence-electron chi connectivity index (χ3n) is 7.71. The predicted molar refractivity (Wildman–Crippen MR) is 159 cm³/mol. The van der Waals surface area contributed by atoms with Crippen LogP contribution in [0.4, 0.5) is 10.5 Å². The van der Waals surface area contributed by atoms with Gasteiger partial charge in [-0.15, -0.1) is 0 Å². The number of nitrogens with two attached hydrogens (primary N) is 1. The van der Waals surface area contributed by atoms with Gasteiger partial charge in [0.15, 0.2) is 0 Å². The summed E-state index contributed by atoms with van der Waals surface area (Å²) in [6.45, 7) is 6.42. The summed E-state index contributed by atoms with van der Waals surface area (Å²) in [7, 11) is -1.91. The van der Waals surface area contributed by atoms with E-state index in [-0.39, 0.29) is 24.7 Å². The van der Waals surface area contributed by atoms with Gasteiger partial charge < -0.3 is 11.1 Å². The summed E-state index contributed by atoms with van der Waals surface area (Å²) in [6.07, 6.45) is 5.63. The van der Waals surface area contributed by atoms with Crippen molar-refractivity contribution in [1.82, 2.24) is 9.62 Å². The largest absolute Gasteiger partial charge is 0.351 e. The number of hydrogen-bond acceptors (Lipinski definition) is 6. The molecule has 3 amide bonds. The first-order chi connectivity index (χ1) is 18.4. The summed E-state index contributed by atoms with van der Waals surface area (Å²) in [5.74, 6) is 2.24. The number of aryl methyl sites for hydroxylation is 2. The zero-order valence-corrected chi connectivity index (χ0v) is 25.3. The number of nitrogens with zero attached hydrogens (tertiary/aromatic N) is 3. The van der Waals surface area contributed by atoms with Gasteiger partial charge in [-0.05, 0) is 87.6 Å². The van der Waals surface area contributed by atoms with Crippen molar-refractivity contribution in [3.63, 3.8) is 0 Å². The number of aliphatic imine (C=N–C) groups is 1. The minimum atomic E-state index is -3.52. The highest BCUT2D eigenvalue weighted by atomic mass is 32.2. The molecule has 1 unspecified atom stereocenters. The van der Waals surface area contributed by atoms with Crippen LogP contribution in [0.5, 0.6) is 0 Å². The van der Waals surface area contributed by atoms with Gasteiger partial charge in [0.1, 0.15) is 34.1 Å². The van der Waals surface area contributed by atoms with E-state index in [0.717, 1.165) is 53.9 Å². The Morgan fingerprint density at radius 2 is 1.79 bits per heavy atom. The Morgan fingerprint density at radius 3 is 2.38 bits per heavy atom. The van der Waals surface area contributed by atoms with Crippen molar-refractivity contribution in [2.75, 3.05) is 42.3 Å². The number of benzene rings is 1. The molecule has 2 aliphatic rings. The molecule has 1 saturated heterocycles. The van der Waals surface area contributed by atoms with Crippen molar-refractivity contribution in [2.45, 2.75) is 77.7 Å². The number of piperidine rings is 1. The molecular weight excluding hydrogens is 538 g/mol. The van der Waals surface area contributed by atoms with Gasteiger partial charge >= 0.3 is 6.03 Å². The van der Waals surface area contributed by atoms with E-state index in [1.165, 1.54) is 9.21 Å². The van der Waals surface area contributed by atoms with Crippen molar-refractivity contribution in [3.8, 4) is 0 Å². The lowest BCUT2D eigenvalue weighted by molar-refractivity contribution is -0.124. The molecule has 39 heavy (non-hydrogen) atoms. The molecule has 12 heteroatoms. The van der Waals surface area contributed by atoms with Crippen LogP contribution in [0.1, 0.15) is 68.6 Å². The molecule has 10 nitrogen and oxygen atoms in total. The molecular formula is C27H44N5O5S2+. The quantitative estimate of drug-likeness (QED) is 0.242. The summed E-state index contributed by atoms with van der Waals surface area (Å²) in [4.78, 5) is 30.4. The molecule has 3 rings (SSSR count). The smallest absolute Gasteiger partial charge is 0.318 e. The number of rotatable bonds is 13. The summed E-state index contributed by atoms with van der Waals surface area (Å²) < 4.78 is 37.8. The molecule has 2 heterocycles. The Balaban J connectivity index is 1.52. The molecule has 0 bridgehead atoms. The van der Waals surface area contributed by atoms with E-state index in [9.17, 15) is 22.6 Å². The first-order valence-corrected chi connectivity index (χ1v) is 16.9. The molecule has 0 aliphatic carbocycles. The second-order valence-corrected chi connectivity index (χ2v) is 14.5. The molecule has 1 spiro atoms. The van der Waals surface area contributed by atoms with E-state index in [2.05, 4.69) is 12.2 Å². The standard InChI is InChI=1S/C27H43N5O5S2/c1-5-15-38(35)16-8-6-7-9-24-29-25(33)27(30-24)11-13-32(14-12-27)39(36,37)17-10-23-20(2)18-22(19-21(23)3)31(4)26(28)34/h18-19,35H,5-17H2,1-4H3,(H2-,28,29,30,33,34)/p+1. The number of primary amides is 1. The van der Waals surface area contributed by atoms with Crippen LogP contribution in [0.15, 0.2) is 17.1 Å². The maximum absolute atomic E-state index is 13.2. The number of hydrogen-bond donors (Lipinski definition) is 3. The average molecular weight is 583 g/mol. The molecule has 1 aromatic rings. The van der Waals surface area contributed by atoms with Gasteiger partial charge in [0, 0.05) is 32.2 Å². The maximum Gasteiger partial charge on any atom is 0.318 e. The maximum atomic E-state index is 13.2. The molecule has 0 radical (unpaired) electrons. The first-order valence-electron chi connectivity index (χ1n) is 13.8. The molecule has 2 aliphatic heterocycles. The number of nitrogens with one attached hydrogen (secondary N) is 1. The topological polar surface area (TPSA) is 145 Å². The summed E-state index contributed by atoms with van der Waals surface area (Å²) in [5.41, 5.74) is 7.95. The van der Waals surface area contributed by atoms with E-state index in [4.69, 9.17) is 10.7 Å². The van der Waals surface area contributed by atoms with E-state index in [0.29, 0.717) is 37.2 Å². The molecule has 4 N–H and O–H groups in total. The Kier molecular flexibility index (Phi) is 10.8. The third kappa shape index (κ3) is 7.96. The fourth-order valence-electron chi connectivity index (χ4n) is 5.30. The van der Waals surface area contributed by atoms with E-state index in [1.807, 2.05) is 26.0 Å². The van der Waals surface area contributed by atoms with Gasteiger partial charge in [-0.2, -0.15) is 4.55 Å². The minimum absolute atomic E-state index is 0.0269. The fourth-order valence-corrected chi connectivity index (χ4v) is 7.97. The third-order valence-corrected chi connectivity index (χ3v) is 11.2. The Morgan fingerprint density at radius 1 is 1.15 bits per heavy atom. The number of carbonyl (C=O) groups is 2. The average Bonchev–Trinajstić information content (AvgIpc) is 3.17. The van der Waals surface area contributed by atoms with Crippen molar-refractivity contribution in [3.05, 3.63) is 28.8 Å². The van der Waals surface area contributed by atoms with Gasteiger partial charge in [0.05, 0.1) is 5.75 Å². The highest BCUT2D eigenvalue weighted by molar-refractivity contribution is 7.91. The highest BCUT2D eigenvalue weighted by Gasteiger charge is 2.47. The highest BCUT2D eigenvalue weighted by Crippen LogP contribution is 2.32. The molecule has 1 atom stereocenters. The molecule has 1 aromatic carbocycles. The van der Waals surface area contributed by atoms with Crippen molar-refractivity contribution in [1.29, 1.82) is 0 Å². The van der Waals surface area contributed by atoms with Crippen molar-refractivity contribution >= 4 is 44.7 Å². The van der Waals surface area contributed by atoms with Crippen LogP contribution >= 0.6 is 0 Å². The SMILES string of the molecule is CCC[S+](O)CCCCCC1=NC2(CCN(S(=O)(=O)CCc3c(C)cc(N(C)C(N)=O)cc3C)CC2)C(=O)N1. The van der Waals surface area contributed by atoms with Gasteiger partial charge in [-0.1, -0.05) is 6.92 Å².